The first-order valence-corrected chi connectivity index (χ1v) is 11.1. The van der Waals surface area contributed by atoms with E-state index in [9.17, 15) is 19.8 Å². The second kappa shape index (κ2) is 8.19. The molecule has 0 spiro atoms. The molecule has 0 aromatic carbocycles. The van der Waals surface area contributed by atoms with Gasteiger partial charge >= 0.3 is 12.2 Å². The number of nitrogens with zero attached hydrogens (tertiary/aromatic N) is 2. The van der Waals surface area contributed by atoms with E-state index in [1.807, 2.05) is 41.5 Å². The standard InChI is InChI=1S/2C11H19NO3/c2*1-11(2,3)15-10(14)12-6-7-4-8(12)9(13)5-7/h2*7-9,13H,4-6H2,1-3H3/t2*7-,8+,9+/m10/s1. The normalized spacial score (nSPS) is 34.7. The Balaban J connectivity index is 0.000000171. The molecule has 2 aliphatic carbocycles. The monoisotopic (exact) mass is 426 g/mol. The van der Waals surface area contributed by atoms with Gasteiger partial charge in [-0.05, 0) is 79.1 Å². The molecule has 2 aliphatic heterocycles. The zero-order valence-corrected chi connectivity index (χ0v) is 19.1. The molecule has 4 aliphatic rings. The van der Waals surface area contributed by atoms with Crippen molar-refractivity contribution >= 4 is 12.2 Å². The molecule has 6 atom stereocenters. The Labute approximate surface area is 179 Å². The first-order valence-electron chi connectivity index (χ1n) is 11.1. The predicted octanol–water partition coefficient (Wildman–Crippen LogP) is 2.75. The fraction of sp³-hybridized carbons (Fsp3) is 0.909. The van der Waals surface area contributed by atoms with Crippen LogP contribution in [-0.2, 0) is 9.47 Å². The van der Waals surface area contributed by atoms with Crippen LogP contribution in [-0.4, -0.2) is 80.8 Å². The number of carbonyl (C=O) groups is 2. The van der Waals surface area contributed by atoms with Gasteiger partial charge in [-0.25, -0.2) is 9.59 Å². The summed E-state index contributed by atoms with van der Waals surface area (Å²) in [6.45, 7) is 12.6. The third-order valence-corrected chi connectivity index (χ3v) is 6.15. The third-order valence-electron chi connectivity index (χ3n) is 6.15. The van der Waals surface area contributed by atoms with Gasteiger partial charge < -0.3 is 29.5 Å². The Kier molecular flexibility index (Phi) is 6.31. The Bertz CT molecular complexity index is 599. The van der Waals surface area contributed by atoms with Crippen molar-refractivity contribution in [2.24, 2.45) is 11.8 Å². The molecule has 0 unspecified atom stereocenters. The summed E-state index contributed by atoms with van der Waals surface area (Å²) < 4.78 is 10.6. The summed E-state index contributed by atoms with van der Waals surface area (Å²) in [4.78, 5) is 26.9. The molecule has 4 fully saturated rings. The van der Waals surface area contributed by atoms with Gasteiger partial charge in [0.05, 0.1) is 24.3 Å². The molecule has 8 nitrogen and oxygen atoms in total. The fourth-order valence-corrected chi connectivity index (χ4v) is 5.04. The summed E-state index contributed by atoms with van der Waals surface area (Å²) in [6, 6.07) is -0.0188. The van der Waals surface area contributed by atoms with Crippen LogP contribution in [0.4, 0.5) is 9.59 Å². The lowest BCUT2D eigenvalue weighted by Crippen LogP contribution is -2.46. The van der Waals surface area contributed by atoms with Crippen LogP contribution in [0.25, 0.3) is 0 Å². The maximum atomic E-state index is 11.8. The van der Waals surface area contributed by atoms with Crippen molar-refractivity contribution in [3.05, 3.63) is 0 Å². The highest BCUT2D eigenvalue weighted by molar-refractivity contribution is 5.70. The number of hydrogen-bond donors (Lipinski definition) is 2. The molecular weight excluding hydrogens is 388 g/mol. The van der Waals surface area contributed by atoms with Gasteiger partial charge in [0.15, 0.2) is 0 Å². The quantitative estimate of drug-likeness (QED) is 0.618. The molecule has 0 radical (unpaired) electrons. The summed E-state index contributed by atoms with van der Waals surface area (Å²) in [5.74, 6) is 0.940. The molecule has 172 valence electrons. The lowest BCUT2D eigenvalue weighted by atomic mass is 10.1. The average molecular weight is 427 g/mol. The SMILES string of the molecule is CC(C)(C)OC(=O)N1C[C@@H]2C[C@@H](O)[C@H]1C2.CC(C)(C)OC(=O)N1C[C@H]2C[C@H](O)[C@@H]1C2. The molecule has 0 aromatic rings. The number of likely N-dealkylation sites (tertiary alicyclic amines) is 2. The largest absolute Gasteiger partial charge is 0.444 e. The van der Waals surface area contributed by atoms with E-state index >= 15 is 0 Å². The van der Waals surface area contributed by atoms with Crippen LogP contribution in [0.1, 0.15) is 67.2 Å². The van der Waals surface area contributed by atoms with Crippen molar-refractivity contribution < 1.29 is 29.3 Å². The Morgan fingerprint density at radius 2 is 1.03 bits per heavy atom. The van der Waals surface area contributed by atoms with E-state index in [0.717, 1.165) is 38.8 Å². The van der Waals surface area contributed by atoms with Gasteiger partial charge in [-0.3, -0.25) is 0 Å². The van der Waals surface area contributed by atoms with Gasteiger partial charge in [0.2, 0.25) is 0 Å². The molecule has 4 bridgehead atoms. The average Bonchev–Trinajstić information content (AvgIpc) is 3.30. The minimum atomic E-state index is -0.454. The van der Waals surface area contributed by atoms with Crippen LogP contribution in [0, 0.1) is 11.8 Å². The maximum absolute atomic E-state index is 11.8. The number of aliphatic hydroxyl groups excluding tert-OH is 2. The van der Waals surface area contributed by atoms with Gasteiger partial charge in [0.1, 0.15) is 11.2 Å². The van der Waals surface area contributed by atoms with Gasteiger partial charge in [0, 0.05) is 13.1 Å². The molecule has 30 heavy (non-hydrogen) atoms. The van der Waals surface area contributed by atoms with Crippen molar-refractivity contribution in [2.75, 3.05) is 13.1 Å². The first kappa shape index (κ1) is 23.1. The summed E-state index contributed by atoms with van der Waals surface area (Å²) in [5, 5.41) is 19.4. The summed E-state index contributed by atoms with van der Waals surface area (Å²) in [7, 11) is 0. The number of rotatable bonds is 0. The lowest BCUT2D eigenvalue weighted by molar-refractivity contribution is -0.00222. The van der Waals surface area contributed by atoms with E-state index in [1.54, 1.807) is 9.80 Å². The smallest absolute Gasteiger partial charge is 0.410 e. The van der Waals surface area contributed by atoms with Gasteiger partial charge in [-0.1, -0.05) is 0 Å². The second-order valence-electron chi connectivity index (χ2n) is 11.2. The highest BCUT2D eigenvalue weighted by Gasteiger charge is 2.48. The van der Waals surface area contributed by atoms with Crippen molar-refractivity contribution in [1.29, 1.82) is 0 Å². The van der Waals surface area contributed by atoms with Gasteiger partial charge in [0.25, 0.3) is 0 Å². The van der Waals surface area contributed by atoms with Crippen LogP contribution >= 0.6 is 0 Å². The minimum Gasteiger partial charge on any atom is -0.444 e. The molecule has 2 N–H and O–H groups in total. The summed E-state index contributed by atoms with van der Waals surface area (Å²) >= 11 is 0. The zero-order valence-electron chi connectivity index (χ0n) is 19.1. The van der Waals surface area contributed by atoms with E-state index in [2.05, 4.69) is 0 Å². The van der Waals surface area contributed by atoms with E-state index in [4.69, 9.17) is 9.47 Å². The molecular formula is C22H38N2O6. The van der Waals surface area contributed by atoms with E-state index in [0.29, 0.717) is 11.8 Å². The first-order chi connectivity index (χ1) is 13.7. The molecule has 2 saturated carbocycles. The highest BCUT2D eigenvalue weighted by Crippen LogP contribution is 2.39. The van der Waals surface area contributed by atoms with E-state index in [1.165, 1.54) is 0 Å². The van der Waals surface area contributed by atoms with E-state index in [-0.39, 0.29) is 36.5 Å². The second-order valence-corrected chi connectivity index (χ2v) is 11.2. The van der Waals surface area contributed by atoms with Crippen LogP contribution < -0.4 is 0 Å². The minimum absolute atomic E-state index is 0.00940. The van der Waals surface area contributed by atoms with Gasteiger partial charge in [-0.2, -0.15) is 0 Å². The molecule has 2 saturated heterocycles. The highest BCUT2D eigenvalue weighted by atomic mass is 16.6. The zero-order chi connectivity index (χ0) is 22.4. The predicted molar refractivity (Wildman–Crippen MR) is 111 cm³/mol. The number of amides is 2. The lowest BCUT2D eigenvalue weighted by Gasteiger charge is -2.32. The Morgan fingerprint density at radius 3 is 1.27 bits per heavy atom. The number of carbonyl (C=O) groups excluding carboxylic acids is 2. The van der Waals surface area contributed by atoms with Crippen LogP contribution in [0.2, 0.25) is 0 Å². The van der Waals surface area contributed by atoms with E-state index < -0.39 is 11.2 Å². The van der Waals surface area contributed by atoms with Crippen molar-refractivity contribution in [3.8, 4) is 0 Å². The van der Waals surface area contributed by atoms with Crippen LogP contribution in [0.15, 0.2) is 0 Å². The molecule has 0 aromatic heterocycles. The number of aliphatic hydroxyl groups is 2. The molecule has 4 rings (SSSR count). The van der Waals surface area contributed by atoms with Crippen LogP contribution in [0.3, 0.4) is 0 Å². The fourth-order valence-electron chi connectivity index (χ4n) is 5.04. The number of ether oxygens (including phenoxy) is 2. The molecule has 2 amide bonds. The summed E-state index contributed by atoms with van der Waals surface area (Å²) in [6.07, 6.45) is 2.27. The molecule has 2 heterocycles. The summed E-state index contributed by atoms with van der Waals surface area (Å²) in [5.41, 5.74) is -0.909. The van der Waals surface area contributed by atoms with Crippen molar-refractivity contribution in [2.45, 2.75) is 103 Å². The third kappa shape index (κ3) is 5.38. The maximum Gasteiger partial charge on any atom is 0.410 e. The van der Waals surface area contributed by atoms with Crippen molar-refractivity contribution in [3.63, 3.8) is 0 Å². The van der Waals surface area contributed by atoms with Crippen LogP contribution in [0.5, 0.6) is 0 Å². The number of hydrogen-bond acceptors (Lipinski definition) is 6. The Hall–Kier alpha value is -1.54. The van der Waals surface area contributed by atoms with Gasteiger partial charge in [-0.15, -0.1) is 0 Å². The Morgan fingerprint density at radius 1 is 0.700 bits per heavy atom. The number of piperidine rings is 2. The molecule has 8 heteroatoms. The van der Waals surface area contributed by atoms with Crippen molar-refractivity contribution in [1.82, 2.24) is 9.80 Å². The topological polar surface area (TPSA) is 99.5 Å². The number of fused-ring (bicyclic) bond motifs is 4.